The van der Waals surface area contributed by atoms with Gasteiger partial charge >= 0.3 is 5.63 Å². The zero-order chi connectivity index (χ0) is 17.3. The molecular formula is C19H18BrNO3. The second-order valence-electron chi connectivity index (χ2n) is 5.94. The van der Waals surface area contributed by atoms with Crippen molar-refractivity contribution in [1.82, 2.24) is 4.90 Å². The van der Waals surface area contributed by atoms with Gasteiger partial charge in [-0.3, -0.25) is 4.90 Å². The minimum Gasteiger partial charge on any atom is -0.508 e. The first-order valence-electron chi connectivity index (χ1n) is 7.63. The van der Waals surface area contributed by atoms with Crippen LogP contribution in [0.1, 0.15) is 16.7 Å². The van der Waals surface area contributed by atoms with Gasteiger partial charge in [-0.15, -0.1) is 0 Å². The van der Waals surface area contributed by atoms with E-state index in [0.29, 0.717) is 17.7 Å². The highest BCUT2D eigenvalue weighted by Gasteiger charge is 2.13. The molecule has 124 valence electrons. The molecule has 1 aromatic heterocycles. The highest BCUT2D eigenvalue weighted by molar-refractivity contribution is 9.10. The fraction of sp³-hybridized carbons (Fsp3) is 0.211. The number of hydrogen-bond donors (Lipinski definition) is 1. The molecule has 0 aliphatic carbocycles. The highest BCUT2D eigenvalue weighted by Crippen LogP contribution is 2.28. The Kier molecular flexibility index (Phi) is 4.73. The molecule has 0 saturated heterocycles. The molecule has 0 fully saturated rings. The molecule has 3 rings (SSSR count). The summed E-state index contributed by atoms with van der Waals surface area (Å²) in [5.41, 5.74) is 2.70. The molecule has 0 unspecified atom stereocenters. The van der Waals surface area contributed by atoms with Gasteiger partial charge in [0.1, 0.15) is 11.3 Å². The third kappa shape index (κ3) is 3.37. The van der Waals surface area contributed by atoms with E-state index in [0.717, 1.165) is 22.0 Å². The number of fused-ring (bicyclic) bond motifs is 1. The topological polar surface area (TPSA) is 53.7 Å². The Labute approximate surface area is 148 Å². The summed E-state index contributed by atoms with van der Waals surface area (Å²) in [6, 6.07) is 13.0. The third-order valence-corrected chi connectivity index (χ3v) is 4.83. The predicted molar refractivity (Wildman–Crippen MR) is 98.2 cm³/mol. The van der Waals surface area contributed by atoms with Gasteiger partial charge in [-0.2, -0.15) is 0 Å². The van der Waals surface area contributed by atoms with E-state index in [-0.39, 0.29) is 5.75 Å². The van der Waals surface area contributed by atoms with Crippen molar-refractivity contribution >= 4 is 26.9 Å². The number of aryl methyl sites for hydroxylation is 1. The predicted octanol–water partition coefficient (Wildman–Crippen LogP) is 4.20. The molecule has 3 aromatic rings. The van der Waals surface area contributed by atoms with E-state index in [1.807, 2.05) is 25.2 Å². The second kappa shape index (κ2) is 6.79. The Balaban J connectivity index is 1.94. The first-order chi connectivity index (χ1) is 11.5. The van der Waals surface area contributed by atoms with Crippen molar-refractivity contribution in [3.8, 4) is 5.75 Å². The molecule has 0 atom stereocenters. The van der Waals surface area contributed by atoms with Crippen molar-refractivity contribution in [3.63, 3.8) is 0 Å². The first-order valence-corrected chi connectivity index (χ1v) is 8.42. The maximum Gasteiger partial charge on any atom is 0.336 e. The summed E-state index contributed by atoms with van der Waals surface area (Å²) < 4.78 is 6.36. The number of phenols is 1. The van der Waals surface area contributed by atoms with Crippen molar-refractivity contribution in [2.24, 2.45) is 0 Å². The molecule has 0 aliphatic rings. The molecule has 0 radical (unpaired) electrons. The molecule has 5 heteroatoms. The van der Waals surface area contributed by atoms with Crippen molar-refractivity contribution in [2.45, 2.75) is 20.0 Å². The number of halogens is 1. The van der Waals surface area contributed by atoms with Gasteiger partial charge in [0.05, 0.1) is 0 Å². The highest BCUT2D eigenvalue weighted by atomic mass is 79.9. The SMILES string of the molecule is Cc1c(O)ccc2c(CN(C)Cc3ccccc3Br)cc(=O)oc12. The van der Waals surface area contributed by atoms with Gasteiger partial charge in [-0.1, -0.05) is 34.1 Å². The van der Waals surface area contributed by atoms with E-state index >= 15 is 0 Å². The minimum absolute atomic E-state index is 0.129. The summed E-state index contributed by atoms with van der Waals surface area (Å²) in [6.07, 6.45) is 0. The average molecular weight is 388 g/mol. The number of phenolic OH excluding ortho intramolecular Hbond substituents is 1. The summed E-state index contributed by atoms with van der Waals surface area (Å²) in [5, 5.41) is 10.7. The summed E-state index contributed by atoms with van der Waals surface area (Å²) >= 11 is 3.56. The van der Waals surface area contributed by atoms with E-state index in [4.69, 9.17) is 4.42 Å². The van der Waals surface area contributed by atoms with Crippen LogP contribution in [0.3, 0.4) is 0 Å². The first kappa shape index (κ1) is 16.7. The maximum absolute atomic E-state index is 11.9. The maximum atomic E-state index is 11.9. The molecule has 0 aliphatic heterocycles. The summed E-state index contributed by atoms with van der Waals surface area (Å²) in [6.45, 7) is 3.10. The van der Waals surface area contributed by atoms with Crippen LogP contribution in [0.4, 0.5) is 0 Å². The lowest BCUT2D eigenvalue weighted by Gasteiger charge is -2.18. The van der Waals surface area contributed by atoms with Crippen molar-refractivity contribution < 1.29 is 9.52 Å². The van der Waals surface area contributed by atoms with E-state index in [1.165, 1.54) is 11.6 Å². The van der Waals surface area contributed by atoms with Gasteiger partial charge in [0.25, 0.3) is 0 Å². The molecular weight excluding hydrogens is 370 g/mol. The number of aromatic hydroxyl groups is 1. The fourth-order valence-corrected chi connectivity index (χ4v) is 3.22. The summed E-state index contributed by atoms with van der Waals surface area (Å²) in [5.74, 6) is 0.129. The summed E-state index contributed by atoms with van der Waals surface area (Å²) in [7, 11) is 2.01. The molecule has 4 nitrogen and oxygen atoms in total. The van der Waals surface area contributed by atoms with E-state index in [1.54, 1.807) is 19.1 Å². The Bertz CT molecular complexity index is 949. The molecule has 0 bridgehead atoms. The molecule has 2 aromatic carbocycles. The standard InChI is InChI=1S/C19H18BrNO3/c1-12-17(22)8-7-15-14(9-18(23)24-19(12)15)11-21(2)10-13-5-3-4-6-16(13)20/h3-9,22H,10-11H2,1-2H3. The fourth-order valence-electron chi connectivity index (χ4n) is 2.81. The van der Waals surface area contributed by atoms with Crippen LogP contribution in [0.2, 0.25) is 0 Å². The quantitative estimate of drug-likeness (QED) is 0.681. The Morgan fingerprint density at radius 2 is 1.83 bits per heavy atom. The molecule has 24 heavy (non-hydrogen) atoms. The van der Waals surface area contributed by atoms with E-state index < -0.39 is 5.63 Å². The van der Waals surface area contributed by atoms with Gasteiger partial charge in [-0.05, 0) is 43.3 Å². The van der Waals surface area contributed by atoms with Crippen LogP contribution in [0, 0.1) is 6.92 Å². The van der Waals surface area contributed by atoms with Gasteiger partial charge in [0, 0.05) is 34.6 Å². The van der Waals surface area contributed by atoms with Crippen LogP contribution in [-0.2, 0) is 13.1 Å². The third-order valence-electron chi connectivity index (χ3n) is 4.06. The lowest BCUT2D eigenvalue weighted by atomic mass is 10.1. The van der Waals surface area contributed by atoms with Gasteiger partial charge in [0.15, 0.2) is 0 Å². The molecule has 0 spiro atoms. The van der Waals surface area contributed by atoms with E-state index in [2.05, 4.69) is 26.9 Å². The minimum atomic E-state index is -0.402. The molecule has 1 heterocycles. The van der Waals surface area contributed by atoms with Crippen LogP contribution in [-0.4, -0.2) is 17.1 Å². The molecule has 0 saturated carbocycles. The van der Waals surface area contributed by atoms with Crippen molar-refractivity contribution in [3.05, 3.63) is 74.0 Å². The normalized spacial score (nSPS) is 11.3. The van der Waals surface area contributed by atoms with Crippen LogP contribution in [0.15, 0.2) is 56.1 Å². The van der Waals surface area contributed by atoms with Gasteiger partial charge in [0.2, 0.25) is 0 Å². The zero-order valence-corrected chi connectivity index (χ0v) is 15.1. The van der Waals surface area contributed by atoms with Gasteiger partial charge < -0.3 is 9.52 Å². The van der Waals surface area contributed by atoms with Crippen LogP contribution in [0.5, 0.6) is 5.75 Å². The second-order valence-corrected chi connectivity index (χ2v) is 6.80. The molecule has 0 amide bonds. The summed E-state index contributed by atoms with van der Waals surface area (Å²) in [4.78, 5) is 14.0. The smallest absolute Gasteiger partial charge is 0.336 e. The number of hydrogen-bond acceptors (Lipinski definition) is 4. The van der Waals surface area contributed by atoms with Gasteiger partial charge in [-0.25, -0.2) is 4.79 Å². The van der Waals surface area contributed by atoms with Crippen molar-refractivity contribution in [2.75, 3.05) is 7.05 Å². The Morgan fingerprint density at radius 1 is 1.12 bits per heavy atom. The Morgan fingerprint density at radius 3 is 2.58 bits per heavy atom. The number of rotatable bonds is 4. The molecule has 1 N–H and O–H groups in total. The van der Waals surface area contributed by atoms with Crippen LogP contribution >= 0.6 is 15.9 Å². The largest absolute Gasteiger partial charge is 0.508 e. The van der Waals surface area contributed by atoms with E-state index in [9.17, 15) is 9.90 Å². The lowest BCUT2D eigenvalue weighted by Crippen LogP contribution is -2.18. The van der Waals surface area contributed by atoms with Crippen LogP contribution in [0.25, 0.3) is 11.0 Å². The van der Waals surface area contributed by atoms with Crippen molar-refractivity contribution in [1.29, 1.82) is 0 Å². The number of benzene rings is 2. The lowest BCUT2D eigenvalue weighted by molar-refractivity contribution is 0.319. The zero-order valence-electron chi connectivity index (χ0n) is 13.5. The Hall–Kier alpha value is -2.11. The van der Waals surface area contributed by atoms with Crippen LogP contribution < -0.4 is 5.63 Å². The number of nitrogens with zero attached hydrogens (tertiary/aromatic N) is 1. The average Bonchev–Trinajstić information content (AvgIpc) is 2.53. The monoisotopic (exact) mass is 387 g/mol.